The van der Waals surface area contributed by atoms with Gasteiger partial charge in [-0.1, -0.05) is 35.6 Å². The Kier molecular flexibility index (Phi) is 5.39. The monoisotopic (exact) mass is 414 g/mol. The van der Waals surface area contributed by atoms with Crippen molar-refractivity contribution < 1.29 is 5.11 Å². The number of nitrogens with zero attached hydrogens (tertiary/aromatic N) is 3. The van der Waals surface area contributed by atoms with E-state index in [-0.39, 0.29) is 18.7 Å². The maximum absolute atomic E-state index is 13.0. The Labute approximate surface area is 173 Å². The number of aliphatic hydroxyl groups excluding tert-OH is 1. The van der Waals surface area contributed by atoms with Gasteiger partial charge in [-0.25, -0.2) is 4.79 Å². The van der Waals surface area contributed by atoms with E-state index in [0.717, 1.165) is 18.4 Å². The van der Waals surface area contributed by atoms with Crippen LogP contribution in [0.2, 0.25) is 5.02 Å². The molecule has 1 atom stereocenters. The fourth-order valence-corrected chi connectivity index (χ4v) is 3.60. The minimum absolute atomic E-state index is 0.0850. The van der Waals surface area contributed by atoms with Crippen LogP contribution in [0.4, 0.5) is 11.5 Å². The maximum atomic E-state index is 13.0. The van der Waals surface area contributed by atoms with Gasteiger partial charge in [0.2, 0.25) is 0 Å². The van der Waals surface area contributed by atoms with Gasteiger partial charge >= 0.3 is 5.69 Å². The van der Waals surface area contributed by atoms with Gasteiger partial charge in [0.1, 0.15) is 11.5 Å². The topological polar surface area (TPSA) is 79.5 Å². The average molecular weight is 415 g/mol. The summed E-state index contributed by atoms with van der Waals surface area (Å²) in [6, 6.07) is 7.48. The lowest BCUT2D eigenvalue weighted by Crippen LogP contribution is -2.41. The molecule has 1 aliphatic carbocycles. The van der Waals surface area contributed by atoms with Gasteiger partial charge in [-0.05, 0) is 37.0 Å². The molecule has 29 heavy (non-hydrogen) atoms. The van der Waals surface area contributed by atoms with E-state index in [2.05, 4.69) is 17.2 Å². The van der Waals surface area contributed by atoms with Gasteiger partial charge in [-0.3, -0.25) is 13.9 Å². The normalized spacial score (nSPS) is 17.5. The van der Waals surface area contributed by atoms with Crippen LogP contribution in [-0.2, 0) is 20.1 Å². The Hall–Kier alpha value is -2.69. The fourth-order valence-electron chi connectivity index (χ4n) is 3.47. The highest BCUT2D eigenvalue weighted by Crippen LogP contribution is 2.33. The molecule has 8 heteroatoms. The van der Waals surface area contributed by atoms with E-state index >= 15 is 0 Å². The van der Waals surface area contributed by atoms with Gasteiger partial charge in [-0.15, -0.1) is 0 Å². The molecule has 1 aromatic heterocycles. The summed E-state index contributed by atoms with van der Waals surface area (Å²) in [6.07, 6.45) is 2.16. The molecular formula is C21H23ClN4O3. The first-order chi connectivity index (χ1) is 14.0. The van der Waals surface area contributed by atoms with E-state index in [1.807, 2.05) is 29.2 Å². The van der Waals surface area contributed by atoms with E-state index in [1.54, 1.807) is 7.05 Å². The van der Waals surface area contributed by atoms with Crippen LogP contribution in [0.3, 0.4) is 0 Å². The lowest BCUT2D eigenvalue weighted by molar-refractivity contribution is 0.277. The first-order valence-electron chi connectivity index (χ1n) is 9.73. The third-order valence-electron chi connectivity index (χ3n) is 5.19. The second-order valence-corrected chi connectivity index (χ2v) is 7.87. The highest BCUT2D eigenvalue weighted by molar-refractivity contribution is 6.30. The molecule has 4 rings (SSSR count). The highest BCUT2D eigenvalue weighted by Gasteiger charge is 2.34. The van der Waals surface area contributed by atoms with E-state index < -0.39 is 11.9 Å². The molecule has 1 fully saturated rings. The van der Waals surface area contributed by atoms with Crippen molar-refractivity contribution in [2.75, 3.05) is 16.8 Å². The van der Waals surface area contributed by atoms with E-state index in [0.29, 0.717) is 35.4 Å². The van der Waals surface area contributed by atoms with Crippen molar-refractivity contribution in [3.63, 3.8) is 0 Å². The molecular weight excluding hydrogens is 392 g/mol. The van der Waals surface area contributed by atoms with Gasteiger partial charge < -0.3 is 15.3 Å². The lowest BCUT2D eigenvalue weighted by atomic mass is 10.2. The number of benzene rings is 1. The molecule has 1 aromatic carbocycles. The molecule has 2 N–H and O–H groups in total. The quantitative estimate of drug-likeness (QED) is 0.729. The third kappa shape index (κ3) is 3.91. The number of fused-ring (bicyclic) bond motifs is 1. The zero-order valence-electron chi connectivity index (χ0n) is 16.2. The van der Waals surface area contributed by atoms with Crippen LogP contribution in [0, 0.1) is 17.8 Å². The zero-order chi connectivity index (χ0) is 20.5. The van der Waals surface area contributed by atoms with E-state index in [1.165, 1.54) is 9.13 Å². The molecule has 152 valence electrons. The van der Waals surface area contributed by atoms with Crippen LogP contribution in [0.5, 0.6) is 0 Å². The van der Waals surface area contributed by atoms with Crippen LogP contribution in [0.1, 0.15) is 24.8 Å². The van der Waals surface area contributed by atoms with Crippen LogP contribution in [-0.4, -0.2) is 27.0 Å². The van der Waals surface area contributed by atoms with Crippen molar-refractivity contribution in [2.24, 2.45) is 13.0 Å². The summed E-state index contributed by atoms with van der Waals surface area (Å²) in [5, 5.41) is 13.0. The molecule has 0 amide bonds. The predicted molar refractivity (Wildman–Crippen MR) is 113 cm³/mol. The molecule has 0 radical (unpaired) electrons. The largest absolute Gasteiger partial charge is 0.396 e. The molecule has 7 nitrogen and oxygen atoms in total. The minimum atomic E-state index is -0.402. The van der Waals surface area contributed by atoms with Crippen LogP contribution in [0.15, 0.2) is 33.9 Å². The Balaban J connectivity index is 1.77. The molecule has 0 saturated heterocycles. The lowest BCUT2D eigenvalue weighted by Gasteiger charge is -2.24. The maximum Gasteiger partial charge on any atom is 0.332 e. The third-order valence-corrected chi connectivity index (χ3v) is 5.44. The molecule has 1 unspecified atom stereocenters. The predicted octanol–water partition coefficient (Wildman–Crippen LogP) is 1.75. The van der Waals surface area contributed by atoms with Gasteiger partial charge in [0.25, 0.3) is 5.56 Å². The van der Waals surface area contributed by atoms with Crippen molar-refractivity contribution in [3.8, 4) is 11.8 Å². The Morgan fingerprint density at radius 2 is 1.93 bits per heavy atom. The van der Waals surface area contributed by atoms with Gasteiger partial charge in [0.05, 0.1) is 0 Å². The summed E-state index contributed by atoms with van der Waals surface area (Å²) in [5.74, 6) is 7.45. The SMILES string of the molecule is Cn1c2c(c(=O)n(CCCO)c1=O)NC(C#CC1CC1)N2Cc1ccc(Cl)cc1. The number of nitrogens with one attached hydrogen (secondary N) is 1. The standard InChI is InChI=1S/C21H23ClN4O3/c1-24-19-18(20(28)25(21(24)29)11-2-12-27)23-17(10-7-14-3-4-14)26(19)13-15-5-8-16(22)9-6-15/h5-6,8-9,14,17,23,27H,2-4,11-13H2,1H3. The van der Waals surface area contributed by atoms with Crippen molar-refractivity contribution in [2.45, 2.75) is 38.5 Å². The summed E-state index contributed by atoms with van der Waals surface area (Å²) in [7, 11) is 1.66. The van der Waals surface area contributed by atoms with Gasteiger partial charge in [0, 0.05) is 37.7 Å². The first-order valence-corrected chi connectivity index (χ1v) is 10.1. The Bertz CT molecular complexity index is 1090. The van der Waals surface area contributed by atoms with Crippen molar-refractivity contribution in [1.29, 1.82) is 0 Å². The summed E-state index contributed by atoms with van der Waals surface area (Å²) in [6.45, 7) is 0.569. The van der Waals surface area contributed by atoms with Crippen molar-refractivity contribution >= 4 is 23.1 Å². The number of hydrogen-bond donors (Lipinski definition) is 2. The second-order valence-electron chi connectivity index (χ2n) is 7.44. The first kappa shape index (κ1) is 19.6. The number of aromatic nitrogens is 2. The molecule has 2 heterocycles. The van der Waals surface area contributed by atoms with Gasteiger partial charge in [0.15, 0.2) is 6.17 Å². The average Bonchev–Trinajstić information content (AvgIpc) is 3.47. The van der Waals surface area contributed by atoms with Crippen molar-refractivity contribution in [3.05, 3.63) is 55.7 Å². The van der Waals surface area contributed by atoms with E-state index in [9.17, 15) is 9.59 Å². The Morgan fingerprint density at radius 3 is 2.59 bits per heavy atom. The minimum Gasteiger partial charge on any atom is -0.396 e. The van der Waals surface area contributed by atoms with Crippen LogP contribution in [0.25, 0.3) is 0 Å². The smallest absolute Gasteiger partial charge is 0.332 e. The summed E-state index contributed by atoms with van der Waals surface area (Å²) >= 11 is 6.00. The summed E-state index contributed by atoms with van der Waals surface area (Å²) in [4.78, 5) is 27.8. The number of rotatable bonds is 5. The fraction of sp³-hybridized carbons (Fsp3) is 0.429. The van der Waals surface area contributed by atoms with Gasteiger partial charge in [-0.2, -0.15) is 0 Å². The molecule has 2 aromatic rings. The van der Waals surface area contributed by atoms with Crippen LogP contribution >= 0.6 is 11.6 Å². The van der Waals surface area contributed by atoms with Crippen LogP contribution < -0.4 is 21.5 Å². The molecule has 0 spiro atoms. The molecule has 1 aliphatic heterocycles. The summed E-state index contributed by atoms with van der Waals surface area (Å²) < 4.78 is 2.65. The number of hydrogen-bond acceptors (Lipinski definition) is 5. The number of anilines is 2. The zero-order valence-corrected chi connectivity index (χ0v) is 16.9. The number of aliphatic hydroxyl groups is 1. The number of halogens is 1. The Morgan fingerprint density at radius 1 is 1.21 bits per heavy atom. The van der Waals surface area contributed by atoms with E-state index in [4.69, 9.17) is 16.7 Å². The van der Waals surface area contributed by atoms with Crippen molar-refractivity contribution in [1.82, 2.24) is 9.13 Å². The summed E-state index contributed by atoms with van der Waals surface area (Å²) in [5.41, 5.74) is 0.586. The molecule has 1 saturated carbocycles. The highest BCUT2D eigenvalue weighted by atomic mass is 35.5. The second kappa shape index (κ2) is 7.97. The molecule has 2 aliphatic rings. The molecule has 0 bridgehead atoms.